The van der Waals surface area contributed by atoms with Crippen LogP contribution in [0.2, 0.25) is 0 Å². The summed E-state index contributed by atoms with van der Waals surface area (Å²) in [6.07, 6.45) is 9.78. The first-order valence-corrected chi connectivity index (χ1v) is 8.23. The van der Waals surface area contributed by atoms with Gasteiger partial charge in [-0.05, 0) is 26.0 Å². The molecule has 2 N–H and O–H groups in total. The number of carbonyl (C=O) groups is 2. The summed E-state index contributed by atoms with van der Waals surface area (Å²) >= 11 is 1.68. The Morgan fingerprint density at radius 1 is 1.05 bits per heavy atom. The molecule has 5 heteroatoms. The lowest BCUT2D eigenvalue weighted by Gasteiger charge is -2.05. The maximum Gasteiger partial charge on any atom is 0.220 e. The Hall–Kier alpha value is -0.970. The highest BCUT2D eigenvalue weighted by molar-refractivity contribution is 7.98. The number of amides is 2. The molecule has 0 aliphatic rings. The third-order valence-electron chi connectivity index (χ3n) is 2.59. The average Bonchev–Trinajstić information content (AvgIpc) is 2.40. The van der Waals surface area contributed by atoms with Gasteiger partial charge in [0.05, 0.1) is 0 Å². The van der Waals surface area contributed by atoms with Gasteiger partial charge in [0.25, 0.3) is 0 Å². The Bertz CT molecular complexity index is 281. The monoisotopic (exact) mass is 286 g/mol. The van der Waals surface area contributed by atoms with Crippen LogP contribution < -0.4 is 10.6 Å². The molecule has 0 aliphatic carbocycles. The van der Waals surface area contributed by atoms with Crippen LogP contribution in [0.4, 0.5) is 0 Å². The standard InChI is InChI=1S/C14H26N2O2S/c1-3-4-10-15-13(17)8-6-5-7-11-16-14(18)9-12-19-2/h3-4H,5-12H2,1-2H3,(H,15,17)(H,16,18)/b4-3+. The fourth-order valence-corrected chi connectivity index (χ4v) is 1.87. The fourth-order valence-electron chi connectivity index (χ4n) is 1.48. The predicted octanol–water partition coefficient (Wildman–Crippen LogP) is 2.11. The largest absolute Gasteiger partial charge is 0.356 e. The van der Waals surface area contributed by atoms with E-state index in [9.17, 15) is 9.59 Å². The first-order valence-electron chi connectivity index (χ1n) is 6.84. The molecule has 0 aliphatic heterocycles. The molecule has 110 valence electrons. The van der Waals surface area contributed by atoms with Gasteiger partial charge >= 0.3 is 0 Å². The Labute approximate surface area is 120 Å². The van der Waals surface area contributed by atoms with Crippen molar-refractivity contribution in [1.82, 2.24) is 10.6 Å². The third-order valence-corrected chi connectivity index (χ3v) is 3.20. The third kappa shape index (κ3) is 13.3. The molecule has 0 saturated carbocycles. The molecule has 0 aromatic heterocycles. The number of thioether (sulfide) groups is 1. The fraction of sp³-hybridized carbons (Fsp3) is 0.714. The molecule has 19 heavy (non-hydrogen) atoms. The van der Waals surface area contributed by atoms with Crippen LogP contribution >= 0.6 is 11.8 Å². The minimum atomic E-state index is 0.0992. The van der Waals surface area contributed by atoms with Crippen LogP contribution in [0.3, 0.4) is 0 Å². The van der Waals surface area contributed by atoms with Gasteiger partial charge in [0.15, 0.2) is 0 Å². The Balaban J connectivity index is 3.30. The lowest BCUT2D eigenvalue weighted by Crippen LogP contribution is -2.25. The number of hydrogen-bond acceptors (Lipinski definition) is 3. The van der Waals surface area contributed by atoms with E-state index in [0.717, 1.165) is 25.0 Å². The van der Waals surface area contributed by atoms with Crippen molar-refractivity contribution >= 4 is 23.6 Å². The molecule has 2 amide bonds. The molecule has 4 nitrogen and oxygen atoms in total. The van der Waals surface area contributed by atoms with Crippen LogP contribution in [0.25, 0.3) is 0 Å². The Morgan fingerprint density at radius 3 is 2.47 bits per heavy atom. The van der Waals surface area contributed by atoms with E-state index in [1.807, 2.05) is 25.3 Å². The van der Waals surface area contributed by atoms with Gasteiger partial charge < -0.3 is 10.6 Å². The quantitative estimate of drug-likeness (QED) is 0.452. The van der Waals surface area contributed by atoms with E-state index in [1.54, 1.807) is 11.8 Å². The summed E-state index contributed by atoms with van der Waals surface area (Å²) in [5, 5.41) is 5.70. The number of allylic oxidation sites excluding steroid dienone is 1. The second-order valence-electron chi connectivity index (χ2n) is 4.28. The van der Waals surface area contributed by atoms with Gasteiger partial charge in [-0.15, -0.1) is 0 Å². The molecule has 0 spiro atoms. The molecule has 0 unspecified atom stereocenters. The zero-order valence-corrected chi connectivity index (χ0v) is 12.9. The smallest absolute Gasteiger partial charge is 0.220 e. The SMILES string of the molecule is C/C=C/CNC(=O)CCCCCNC(=O)CCSC. The summed E-state index contributed by atoms with van der Waals surface area (Å²) < 4.78 is 0. The second-order valence-corrected chi connectivity index (χ2v) is 5.26. The molecule has 0 heterocycles. The van der Waals surface area contributed by atoms with Crippen molar-refractivity contribution in [3.8, 4) is 0 Å². The topological polar surface area (TPSA) is 58.2 Å². The summed E-state index contributed by atoms with van der Waals surface area (Å²) in [5.41, 5.74) is 0. The van der Waals surface area contributed by atoms with Crippen molar-refractivity contribution in [3.05, 3.63) is 12.2 Å². The summed E-state index contributed by atoms with van der Waals surface area (Å²) in [6.45, 7) is 3.26. The first-order chi connectivity index (χ1) is 9.20. The highest BCUT2D eigenvalue weighted by atomic mass is 32.2. The summed E-state index contributed by atoms with van der Waals surface area (Å²) in [4.78, 5) is 22.7. The molecule has 0 fully saturated rings. The van der Waals surface area contributed by atoms with Crippen molar-refractivity contribution in [3.63, 3.8) is 0 Å². The highest BCUT2D eigenvalue weighted by Gasteiger charge is 2.01. The highest BCUT2D eigenvalue weighted by Crippen LogP contribution is 1.99. The van der Waals surface area contributed by atoms with Crippen LogP contribution in [0.1, 0.15) is 39.0 Å². The minimum Gasteiger partial charge on any atom is -0.356 e. The zero-order chi connectivity index (χ0) is 14.3. The maximum absolute atomic E-state index is 11.4. The van der Waals surface area contributed by atoms with Crippen LogP contribution in [-0.4, -0.2) is 36.9 Å². The Morgan fingerprint density at radius 2 is 1.79 bits per heavy atom. The summed E-state index contributed by atoms with van der Waals surface area (Å²) in [5.74, 6) is 1.10. The predicted molar refractivity (Wildman–Crippen MR) is 82.3 cm³/mol. The number of carbonyl (C=O) groups excluding carboxylic acids is 2. The zero-order valence-electron chi connectivity index (χ0n) is 12.0. The second kappa shape index (κ2) is 13.5. The van der Waals surface area contributed by atoms with Gasteiger partial charge in [-0.2, -0.15) is 11.8 Å². The van der Waals surface area contributed by atoms with Crippen LogP contribution in [0.5, 0.6) is 0 Å². The van der Waals surface area contributed by atoms with Gasteiger partial charge in [0.1, 0.15) is 0 Å². The van der Waals surface area contributed by atoms with Gasteiger partial charge in [-0.1, -0.05) is 18.6 Å². The van der Waals surface area contributed by atoms with Gasteiger partial charge in [-0.3, -0.25) is 9.59 Å². The lowest BCUT2D eigenvalue weighted by atomic mass is 10.2. The molecular weight excluding hydrogens is 260 g/mol. The van der Waals surface area contributed by atoms with Crippen molar-refractivity contribution in [2.75, 3.05) is 25.1 Å². The van der Waals surface area contributed by atoms with Crippen LogP contribution in [0, 0.1) is 0 Å². The number of rotatable bonds is 11. The molecule has 0 aromatic rings. The van der Waals surface area contributed by atoms with E-state index in [1.165, 1.54) is 0 Å². The van der Waals surface area contributed by atoms with Gasteiger partial charge in [0.2, 0.25) is 11.8 Å². The summed E-state index contributed by atoms with van der Waals surface area (Å²) in [6, 6.07) is 0. The molecule has 0 saturated heterocycles. The maximum atomic E-state index is 11.4. The molecule has 0 aromatic carbocycles. The van der Waals surface area contributed by atoms with E-state index in [0.29, 0.717) is 25.9 Å². The average molecular weight is 286 g/mol. The van der Waals surface area contributed by atoms with Gasteiger partial charge in [-0.25, -0.2) is 0 Å². The van der Waals surface area contributed by atoms with Crippen LogP contribution in [0.15, 0.2) is 12.2 Å². The van der Waals surface area contributed by atoms with E-state index in [2.05, 4.69) is 10.6 Å². The normalized spacial score (nSPS) is 10.6. The number of nitrogens with one attached hydrogen (secondary N) is 2. The van der Waals surface area contributed by atoms with Crippen LogP contribution in [-0.2, 0) is 9.59 Å². The van der Waals surface area contributed by atoms with Crippen molar-refractivity contribution in [1.29, 1.82) is 0 Å². The number of unbranched alkanes of at least 4 members (excludes halogenated alkanes) is 2. The van der Waals surface area contributed by atoms with E-state index >= 15 is 0 Å². The molecule has 0 rings (SSSR count). The van der Waals surface area contributed by atoms with Crippen molar-refractivity contribution in [2.24, 2.45) is 0 Å². The van der Waals surface area contributed by atoms with Crippen molar-refractivity contribution in [2.45, 2.75) is 39.0 Å². The first kappa shape index (κ1) is 18.0. The van der Waals surface area contributed by atoms with E-state index in [4.69, 9.17) is 0 Å². The summed E-state index contributed by atoms with van der Waals surface area (Å²) in [7, 11) is 0. The van der Waals surface area contributed by atoms with Gasteiger partial charge in [0, 0.05) is 31.7 Å². The molecular formula is C14H26N2O2S. The Kier molecular flexibility index (Phi) is 12.8. The number of hydrogen-bond donors (Lipinski definition) is 2. The van der Waals surface area contributed by atoms with Crippen molar-refractivity contribution < 1.29 is 9.59 Å². The molecule has 0 bridgehead atoms. The molecule has 0 radical (unpaired) electrons. The lowest BCUT2D eigenvalue weighted by molar-refractivity contribution is -0.121. The minimum absolute atomic E-state index is 0.0992. The van der Waals surface area contributed by atoms with E-state index in [-0.39, 0.29) is 11.8 Å². The molecule has 0 atom stereocenters. The van der Waals surface area contributed by atoms with E-state index < -0.39 is 0 Å².